The SMILES string of the molecule is COCCCCCNC(=O)c1cc(C)ccc1C#CCN. The van der Waals surface area contributed by atoms with Crippen LogP contribution in [0.5, 0.6) is 0 Å². The second-order valence-corrected chi connectivity index (χ2v) is 4.86. The molecule has 1 aromatic carbocycles. The molecule has 0 aliphatic rings. The largest absolute Gasteiger partial charge is 0.385 e. The molecule has 4 heteroatoms. The maximum atomic E-state index is 12.2. The second kappa shape index (κ2) is 9.98. The van der Waals surface area contributed by atoms with Crippen LogP contribution in [0.1, 0.15) is 40.7 Å². The summed E-state index contributed by atoms with van der Waals surface area (Å²) >= 11 is 0. The van der Waals surface area contributed by atoms with Crippen molar-refractivity contribution >= 4 is 5.91 Å². The summed E-state index contributed by atoms with van der Waals surface area (Å²) in [6, 6.07) is 5.67. The van der Waals surface area contributed by atoms with E-state index in [2.05, 4.69) is 17.2 Å². The highest BCUT2D eigenvalue weighted by Crippen LogP contribution is 2.11. The van der Waals surface area contributed by atoms with Gasteiger partial charge in [0.2, 0.25) is 0 Å². The molecule has 0 fully saturated rings. The van der Waals surface area contributed by atoms with Crippen molar-refractivity contribution in [3.05, 3.63) is 34.9 Å². The van der Waals surface area contributed by atoms with E-state index in [0.29, 0.717) is 12.1 Å². The third-order valence-electron chi connectivity index (χ3n) is 3.06. The van der Waals surface area contributed by atoms with E-state index in [1.807, 2.05) is 25.1 Å². The highest BCUT2D eigenvalue weighted by atomic mass is 16.5. The van der Waals surface area contributed by atoms with Gasteiger partial charge in [-0.1, -0.05) is 23.5 Å². The van der Waals surface area contributed by atoms with Crippen LogP contribution in [0.3, 0.4) is 0 Å². The fourth-order valence-electron chi connectivity index (χ4n) is 1.95. The standard InChI is InChI=1S/C17H24N2O2/c1-14-8-9-15(7-6-10-18)16(13-14)17(20)19-11-4-3-5-12-21-2/h8-9,13H,3-5,10-12,18H2,1-2H3,(H,19,20). The van der Waals surface area contributed by atoms with Crippen molar-refractivity contribution in [2.24, 2.45) is 5.73 Å². The number of unbranched alkanes of at least 4 members (excludes halogenated alkanes) is 2. The highest BCUT2D eigenvalue weighted by Gasteiger charge is 2.09. The maximum absolute atomic E-state index is 12.2. The molecule has 114 valence electrons. The van der Waals surface area contributed by atoms with Gasteiger partial charge in [0.25, 0.3) is 5.91 Å². The number of nitrogens with one attached hydrogen (secondary N) is 1. The van der Waals surface area contributed by atoms with Crippen LogP contribution < -0.4 is 11.1 Å². The molecule has 0 aromatic heterocycles. The number of carbonyl (C=O) groups excluding carboxylic acids is 1. The molecule has 0 aliphatic carbocycles. The molecule has 0 spiro atoms. The van der Waals surface area contributed by atoms with E-state index in [1.54, 1.807) is 7.11 Å². The fourth-order valence-corrected chi connectivity index (χ4v) is 1.95. The van der Waals surface area contributed by atoms with E-state index in [-0.39, 0.29) is 12.5 Å². The first-order chi connectivity index (χ1) is 10.2. The van der Waals surface area contributed by atoms with Crippen LogP contribution in [0.15, 0.2) is 18.2 Å². The minimum absolute atomic E-state index is 0.0771. The molecule has 0 heterocycles. The van der Waals surface area contributed by atoms with Crippen molar-refractivity contribution in [3.8, 4) is 11.8 Å². The number of benzene rings is 1. The lowest BCUT2D eigenvalue weighted by molar-refractivity contribution is 0.0952. The first-order valence-corrected chi connectivity index (χ1v) is 7.25. The Hall–Kier alpha value is -1.83. The molecule has 3 N–H and O–H groups in total. The third kappa shape index (κ3) is 6.44. The molecule has 21 heavy (non-hydrogen) atoms. The molecule has 0 saturated carbocycles. The van der Waals surface area contributed by atoms with E-state index in [0.717, 1.165) is 37.0 Å². The van der Waals surface area contributed by atoms with Crippen molar-refractivity contribution in [1.82, 2.24) is 5.32 Å². The molecule has 0 radical (unpaired) electrons. The molecule has 1 amide bonds. The Kier molecular flexibility index (Phi) is 8.18. The zero-order valence-electron chi connectivity index (χ0n) is 12.9. The van der Waals surface area contributed by atoms with Gasteiger partial charge in [0, 0.05) is 25.8 Å². The van der Waals surface area contributed by atoms with E-state index in [1.165, 1.54) is 0 Å². The van der Waals surface area contributed by atoms with Crippen molar-refractivity contribution in [2.45, 2.75) is 26.2 Å². The van der Waals surface area contributed by atoms with Gasteiger partial charge >= 0.3 is 0 Å². The smallest absolute Gasteiger partial charge is 0.252 e. The van der Waals surface area contributed by atoms with Gasteiger partial charge in [0.15, 0.2) is 0 Å². The summed E-state index contributed by atoms with van der Waals surface area (Å²) in [5.74, 6) is 5.66. The summed E-state index contributed by atoms with van der Waals surface area (Å²) in [5, 5.41) is 2.94. The number of methoxy groups -OCH3 is 1. The fraction of sp³-hybridized carbons (Fsp3) is 0.471. The monoisotopic (exact) mass is 288 g/mol. The second-order valence-electron chi connectivity index (χ2n) is 4.86. The van der Waals surface area contributed by atoms with E-state index in [4.69, 9.17) is 10.5 Å². The molecule has 1 aromatic rings. The lowest BCUT2D eigenvalue weighted by Gasteiger charge is -2.08. The zero-order valence-corrected chi connectivity index (χ0v) is 12.9. The van der Waals surface area contributed by atoms with Crippen LogP contribution in [-0.4, -0.2) is 32.7 Å². The Bertz CT molecular complexity index is 515. The Morgan fingerprint density at radius 1 is 1.33 bits per heavy atom. The average Bonchev–Trinajstić information content (AvgIpc) is 2.49. The molecule has 0 unspecified atom stereocenters. The summed E-state index contributed by atoms with van der Waals surface area (Å²) in [7, 11) is 1.70. The molecule has 0 atom stereocenters. The summed E-state index contributed by atoms with van der Waals surface area (Å²) in [4.78, 5) is 12.2. The van der Waals surface area contributed by atoms with Crippen molar-refractivity contribution < 1.29 is 9.53 Å². The number of hydrogen-bond donors (Lipinski definition) is 2. The predicted octanol–water partition coefficient (Wildman–Crippen LogP) is 1.85. The van der Waals surface area contributed by atoms with Gasteiger partial charge in [0.1, 0.15) is 0 Å². The molecular weight excluding hydrogens is 264 g/mol. The number of carbonyl (C=O) groups is 1. The Labute approximate surface area is 127 Å². The van der Waals surface area contributed by atoms with Crippen LogP contribution >= 0.6 is 0 Å². The zero-order chi connectivity index (χ0) is 15.5. The van der Waals surface area contributed by atoms with Crippen LogP contribution in [0.2, 0.25) is 0 Å². The maximum Gasteiger partial charge on any atom is 0.252 e. The number of aryl methyl sites for hydroxylation is 1. The molecule has 0 saturated heterocycles. The van der Waals surface area contributed by atoms with Crippen molar-refractivity contribution in [2.75, 3.05) is 26.8 Å². The lowest BCUT2D eigenvalue weighted by Crippen LogP contribution is -2.25. The normalized spacial score (nSPS) is 9.86. The van der Waals surface area contributed by atoms with E-state index >= 15 is 0 Å². The first kappa shape index (κ1) is 17.2. The Morgan fingerprint density at radius 3 is 2.86 bits per heavy atom. The minimum atomic E-state index is -0.0771. The van der Waals surface area contributed by atoms with E-state index in [9.17, 15) is 4.79 Å². The summed E-state index contributed by atoms with van der Waals surface area (Å²) in [6.45, 7) is 3.68. The van der Waals surface area contributed by atoms with Crippen LogP contribution in [0.4, 0.5) is 0 Å². The Balaban J connectivity index is 2.58. The van der Waals surface area contributed by atoms with Crippen LogP contribution in [0, 0.1) is 18.8 Å². The van der Waals surface area contributed by atoms with Gasteiger partial charge in [-0.05, 0) is 38.3 Å². The van der Waals surface area contributed by atoms with Gasteiger partial charge in [-0.3, -0.25) is 4.79 Å². The average molecular weight is 288 g/mol. The molecule has 4 nitrogen and oxygen atoms in total. The molecule has 1 rings (SSSR count). The van der Waals surface area contributed by atoms with Crippen molar-refractivity contribution in [1.29, 1.82) is 0 Å². The number of hydrogen-bond acceptors (Lipinski definition) is 3. The molecule has 0 bridgehead atoms. The van der Waals surface area contributed by atoms with Gasteiger partial charge in [-0.25, -0.2) is 0 Å². The van der Waals surface area contributed by atoms with Crippen LogP contribution in [-0.2, 0) is 4.74 Å². The minimum Gasteiger partial charge on any atom is -0.385 e. The quantitative estimate of drug-likeness (QED) is 0.594. The number of ether oxygens (including phenoxy) is 1. The number of amides is 1. The topological polar surface area (TPSA) is 64.3 Å². The predicted molar refractivity (Wildman–Crippen MR) is 85.2 cm³/mol. The van der Waals surface area contributed by atoms with Gasteiger partial charge in [-0.2, -0.15) is 0 Å². The highest BCUT2D eigenvalue weighted by molar-refractivity contribution is 5.96. The molecular formula is C17H24N2O2. The first-order valence-electron chi connectivity index (χ1n) is 7.25. The van der Waals surface area contributed by atoms with Crippen molar-refractivity contribution in [3.63, 3.8) is 0 Å². The summed E-state index contributed by atoms with van der Waals surface area (Å²) < 4.78 is 4.99. The van der Waals surface area contributed by atoms with Crippen LogP contribution in [0.25, 0.3) is 0 Å². The Morgan fingerprint density at radius 2 is 2.14 bits per heavy atom. The number of nitrogens with two attached hydrogens (primary N) is 1. The third-order valence-corrected chi connectivity index (χ3v) is 3.06. The lowest BCUT2D eigenvalue weighted by atomic mass is 10.0. The van der Waals surface area contributed by atoms with Gasteiger partial charge in [-0.15, -0.1) is 0 Å². The number of rotatable bonds is 7. The molecule has 0 aliphatic heterocycles. The summed E-state index contributed by atoms with van der Waals surface area (Å²) in [6.07, 6.45) is 3.01. The van der Waals surface area contributed by atoms with E-state index < -0.39 is 0 Å². The van der Waals surface area contributed by atoms with Gasteiger partial charge < -0.3 is 15.8 Å². The van der Waals surface area contributed by atoms with Gasteiger partial charge in [0.05, 0.1) is 12.1 Å². The summed E-state index contributed by atoms with van der Waals surface area (Å²) in [5.41, 5.74) is 7.77.